The molecule has 0 saturated heterocycles. The van der Waals surface area contributed by atoms with Crippen molar-refractivity contribution in [3.63, 3.8) is 0 Å². The van der Waals surface area contributed by atoms with E-state index >= 15 is 0 Å². The zero-order chi connectivity index (χ0) is 39.3. The summed E-state index contributed by atoms with van der Waals surface area (Å²) >= 11 is 1.86. The van der Waals surface area contributed by atoms with Crippen molar-refractivity contribution in [3.8, 4) is 44.5 Å². The van der Waals surface area contributed by atoms with Crippen molar-refractivity contribution in [2.45, 2.75) is 0 Å². The molecule has 0 aliphatic carbocycles. The highest BCUT2D eigenvalue weighted by atomic mass is 32.1. The molecular formula is C58H34OS. The fraction of sp³-hybridized carbons (Fsp3) is 0. The molecule has 0 spiro atoms. The van der Waals surface area contributed by atoms with Crippen molar-refractivity contribution in [2.75, 3.05) is 0 Å². The van der Waals surface area contributed by atoms with E-state index in [1.54, 1.807) is 0 Å². The quantitative estimate of drug-likeness (QED) is 0.162. The molecule has 2 aromatic heterocycles. The molecule has 278 valence electrons. The number of fused-ring (bicyclic) bond motifs is 12. The highest BCUT2D eigenvalue weighted by Gasteiger charge is 2.16. The monoisotopic (exact) mass is 778 g/mol. The van der Waals surface area contributed by atoms with E-state index in [0.29, 0.717) is 0 Å². The van der Waals surface area contributed by atoms with E-state index < -0.39 is 0 Å². The second kappa shape index (κ2) is 13.0. The molecule has 0 aliphatic rings. The minimum Gasteiger partial charge on any atom is -0.455 e. The zero-order valence-corrected chi connectivity index (χ0v) is 33.3. The molecule has 60 heavy (non-hydrogen) atoms. The molecule has 13 rings (SSSR count). The highest BCUT2D eigenvalue weighted by Crippen LogP contribution is 2.43. The van der Waals surface area contributed by atoms with Crippen molar-refractivity contribution < 1.29 is 4.42 Å². The first-order chi connectivity index (χ1) is 29.7. The second-order valence-electron chi connectivity index (χ2n) is 16.0. The van der Waals surface area contributed by atoms with Crippen LogP contribution in [0.25, 0.3) is 130 Å². The molecule has 0 fully saturated rings. The van der Waals surface area contributed by atoms with Gasteiger partial charge in [0, 0.05) is 36.5 Å². The summed E-state index contributed by atoms with van der Waals surface area (Å²) in [6.07, 6.45) is 0. The molecule has 0 amide bonds. The zero-order valence-electron chi connectivity index (χ0n) is 32.4. The molecule has 1 nitrogen and oxygen atoms in total. The van der Waals surface area contributed by atoms with Crippen molar-refractivity contribution in [3.05, 3.63) is 206 Å². The predicted molar refractivity (Wildman–Crippen MR) is 258 cm³/mol. The fourth-order valence-corrected chi connectivity index (χ4v) is 10.8. The van der Waals surface area contributed by atoms with Crippen molar-refractivity contribution in [2.24, 2.45) is 0 Å². The summed E-state index contributed by atoms with van der Waals surface area (Å²) in [6.45, 7) is 0. The maximum atomic E-state index is 6.44. The van der Waals surface area contributed by atoms with E-state index in [1.807, 2.05) is 17.4 Å². The molecule has 0 radical (unpaired) electrons. The minimum absolute atomic E-state index is 0.922. The van der Waals surface area contributed by atoms with E-state index in [9.17, 15) is 0 Å². The third kappa shape index (κ3) is 5.25. The number of thiophene rings is 1. The van der Waals surface area contributed by atoms with Crippen LogP contribution in [0, 0.1) is 0 Å². The number of para-hydroxylation sites is 2. The van der Waals surface area contributed by atoms with Gasteiger partial charge in [-0.2, -0.15) is 0 Å². The molecular weight excluding hydrogens is 745 g/mol. The second-order valence-corrected chi connectivity index (χ2v) is 17.1. The van der Waals surface area contributed by atoms with Gasteiger partial charge in [0.1, 0.15) is 11.2 Å². The van der Waals surface area contributed by atoms with Crippen molar-refractivity contribution in [1.29, 1.82) is 0 Å². The lowest BCUT2D eigenvalue weighted by molar-refractivity contribution is 0.670. The summed E-state index contributed by atoms with van der Waals surface area (Å²) < 4.78 is 8.99. The van der Waals surface area contributed by atoms with Gasteiger partial charge in [-0.3, -0.25) is 0 Å². The Kier molecular flexibility index (Phi) is 7.24. The van der Waals surface area contributed by atoms with Crippen molar-refractivity contribution >= 4 is 96.5 Å². The van der Waals surface area contributed by atoms with E-state index in [2.05, 4.69) is 200 Å². The number of benzene rings is 11. The Morgan fingerprint density at radius 2 is 0.717 bits per heavy atom. The lowest BCUT2D eigenvalue weighted by Gasteiger charge is -2.14. The Balaban J connectivity index is 0.957. The lowest BCUT2D eigenvalue weighted by Crippen LogP contribution is -1.88. The van der Waals surface area contributed by atoms with Gasteiger partial charge < -0.3 is 4.42 Å². The largest absolute Gasteiger partial charge is 0.455 e. The third-order valence-electron chi connectivity index (χ3n) is 12.6. The summed E-state index contributed by atoms with van der Waals surface area (Å²) in [5.74, 6) is 0. The van der Waals surface area contributed by atoms with Crippen LogP contribution in [0.1, 0.15) is 0 Å². The van der Waals surface area contributed by atoms with Crippen LogP contribution in [-0.4, -0.2) is 0 Å². The summed E-state index contributed by atoms with van der Waals surface area (Å²) in [5.41, 5.74) is 11.4. The first kappa shape index (κ1) is 33.5. The maximum Gasteiger partial charge on any atom is 0.143 e. The van der Waals surface area contributed by atoms with Gasteiger partial charge in [-0.05, 0) is 131 Å². The summed E-state index contributed by atoms with van der Waals surface area (Å²) in [4.78, 5) is 0. The smallest absolute Gasteiger partial charge is 0.143 e. The van der Waals surface area contributed by atoms with E-state index in [0.717, 1.165) is 27.5 Å². The molecule has 0 atom stereocenters. The molecule has 0 N–H and O–H groups in total. The number of hydrogen-bond acceptors (Lipinski definition) is 2. The van der Waals surface area contributed by atoms with Crippen LogP contribution in [0.2, 0.25) is 0 Å². The third-order valence-corrected chi connectivity index (χ3v) is 13.7. The first-order valence-electron chi connectivity index (χ1n) is 20.5. The molecule has 11 aromatic carbocycles. The van der Waals surface area contributed by atoms with Crippen LogP contribution in [0.15, 0.2) is 211 Å². The Labute approximate surface area is 350 Å². The van der Waals surface area contributed by atoms with Gasteiger partial charge in [-0.1, -0.05) is 158 Å². The number of rotatable bonds is 4. The molecule has 0 saturated carbocycles. The number of hydrogen-bond donors (Lipinski definition) is 0. The Hall–Kier alpha value is -7.52. The van der Waals surface area contributed by atoms with E-state index in [4.69, 9.17) is 4.42 Å². The van der Waals surface area contributed by atoms with Gasteiger partial charge in [0.05, 0.1) is 0 Å². The molecule has 13 aromatic rings. The summed E-state index contributed by atoms with van der Waals surface area (Å²) in [6, 6.07) is 76.0. The Bertz CT molecular complexity index is 3760. The fourth-order valence-electron chi connectivity index (χ4n) is 9.61. The molecule has 0 bridgehead atoms. The molecule has 2 heteroatoms. The first-order valence-corrected chi connectivity index (χ1v) is 21.4. The van der Waals surface area contributed by atoms with Crippen LogP contribution in [0.3, 0.4) is 0 Å². The van der Waals surface area contributed by atoms with E-state index in [1.165, 1.54) is 102 Å². The van der Waals surface area contributed by atoms with Gasteiger partial charge in [0.25, 0.3) is 0 Å². The SMILES string of the molecule is c1ccc2c(c1)ccc1cc(-c3cc(-c4ccc5c(ccc6ccccc65)c4)cc(-c4ccc5c(c4)sc4cc(-c6cccc7c6oc6ccccc67)ccc45)c3)ccc12. The molecule has 2 heterocycles. The van der Waals surface area contributed by atoms with E-state index in [-0.39, 0.29) is 0 Å². The normalized spacial score (nSPS) is 12.0. The van der Waals surface area contributed by atoms with Gasteiger partial charge >= 0.3 is 0 Å². The van der Waals surface area contributed by atoms with Gasteiger partial charge in [0.15, 0.2) is 0 Å². The van der Waals surface area contributed by atoms with Crippen LogP contribution < -0.4 is 0 Å². The van der Waals surface area contributed by atoms with Gasteiger partial charge in [-0.25, -0.2) is 0 Å². The van der Waals surface area contributed by atoms with Crippen LogP contribution in [0.5, 0.6) is 0 Å². The highest BCUT2D eigenvalue weighted by molar-refractivity contribution is 7.25. The molecule has 0 unspecified atom stereocenters. The minimum atomic E-state index is 0.922. The van der Waals surface area contributed by atoms with Gasteiger partial charge in [0.2, 0.25) is 0 Å². The predicted octanol–water partition coefficient (Wildman–Crippen LogP) is 17.2. The summed E-state index contributed by atoms with van der Waals surface area (Å²) in [7, 11) is 0. The van der Waals surface area contributed by atoms with Gasteiger partial charge in [-0.15, -0.1) is 11.3 Å². The average Bonchev–Trinajstić information content (AvgIpc) is 3.88. The van der Waals surface area contributed by atoms with Crippen LogP contribution in [-0.2, 0) is 0 Å². The standard InChI is InChI=1S/C58H34OS/c1-3-10-46-35(8-1)16-18-40-28-37(20-24-48(40)46)43-30-44(38-21-25-49-41(29-38)19-17-36-9-2-4-11-47(36)49)32-45(31-43)39-22-26-52-53-27-23-42(34-57(53)60-56(52)33-39)50-13-7-14-54-51-12-5-6-15-55(51)59-58(50)54/h1-34H. The number of furan rings is 1. The maximum absolute atomic E-state index is 6.44. The van der Waals surface area contributed by atoms with Crippen molar-refractivity contribution in [1.82, 2.24) is 0 Å². The lowest BCUT2D eigenvalue weighted by atomic mass is 9.91. The Morgan fingerprint density at radius 1 is 0.267 bits per heavy atom. The topological polar surface area (TPSA) is 13.1 Å². The van der Waals surface area contributed by atoms with Crippen LogP contribution >= 0.6 is 11.3 Å². The summed E-state index contributed by atoms with van der Waals surface area (Å²) in [5, 5.41) is 15.0. The average molecular weight is 779 g/mol. The molecule has 0 aliphatic heterocycles. The Morgan fingerprint density at radius 3 is 1.33 bits per heavy atom. The van der Waals surface area contributed by atoms with Crippen LogP contribution in [0.4, 0.5) is 0 Å².